The highest BCUT2D eigenvalue weighted by molar-refractivity contribution is 5.80. The van der Waals surface area contributed by atoms with Gasteiger partial charge < -0.3 is 15.0 Å². The second-order valence-electron chi connectivity index (χ2n) is 4.58. The van der Waals surface area contributed by atoms with Crippen LogP contribution in [0.4, 0.5) is 0 Å². The normalized spacial score (nSPS) is 12.4. The fourth-order valence-corrected chi connectivity index (χ4v) is 1.67. The summed E-state index contributed by atoms with van der Waals surface area (Å²) in [4.78, 5) is 26.3. The van der Waals surface area contributed by atoms with E-state index in [9.17, 15) is 9.59 Å². The first-order chi connectivity index (χ1) is 8.41. The molecule has 2 N–H and O–H groups in total. The molecule has 18 heavy (non-hydrogen) atoms. The molecule has 1 aromatic rings. The van der Waals surface area contributed by atoms with E-state index in [1.807, 2.05) is 31.7 Å². The van der Waals surface area contributed by atoms with Crippen molar-refractivity contribution in [2.45, 2.75) is 32.7 Å². The van der Waals surface area contributed by atoms with Crippen LogP contribution in [0.5, 0.6) is 0 Å². The number of carboxylic acid groups (broad SMARTS) is 1. The van der Waals surface area contributed by atoms with E-state index in [4.69, 9.17) is 5.11 Å². The van der Waals surface area contributed by atoms with Crippen LogP contribution >= 0.6 is 0 Å². The molecule has 1 amide bonds. The van der Waals surface area contributed by atoms with Crippen molar-refractivity contribution >= 4 is 11.9 Å². The fraction of sp³-hybridized carbons (Fsp3) is 0.583. The fourth-order valence-electron chi connectivity index (χ4n) is 1.67. The zero-order valence-corrected chi connectivity index (χ0v) is 10.9. The third kappa shape index (κ3) is 3.87. The van der Waals surface area contributed by atoms with E-state index >= 15 is 0 Å². The van der Waals surface area contributed by atoms with E-state index in [2.05, 4.69) is 10.3 Å². The smallest absolute Gasteiger partial charge is 0.303 e. The SMILES string of the molecule is CC(C)[C@@H](NC(=O)CCC(=O)O)c1nccn1C. The highest BCUT2D eigenvalue weighted by Gasteiger charge is 2.21. The summed E-state index contributed by atoms with van der Waals surface area (Å²) in [7, 11) is 1.86. The highest BCUT2D eigenvalue weighted by Crippen LogP contribution is 2.19. The maximum Gasteiger partial charge on any atom is 0.303 e. The monoisotopic (exact) mass is 253 g/mol. The van der Waals surface area contributed by atoms with E-state index in [0.717, 1.165) is 5.82 Å². The zero-order valence-electron chi connectivity index (χ0n) is 10.9. The lowest BCUT2D eigenvalue weighted by Crippen LogP contribution is -2.33. The van der Waals surface area contributed by atoms with Gasteiger partial charge in [-0.3, -0.25) is 9.59 Å². The van der Waals surface area contributed by atoms with E-state index in [-0.39, 0.29) is 30.7 Å². The number of hydrogen-bond donors (Lipinski definition) is 2. The molecule has 0 spiro atoms. The highest BCUT2D eigenvalue weighted by atomic mass is 16.4. The third-order valence-electron chi connectivity index (χ3n) is 2.69. The van der Waals surface area contributed by atoms with Crippen LogP contribution in [0, 0.1) is 5.92 Å². The Morgan fingerprint density at radius 3 is 2.56 bits per heavy atom. The average Bonchev–Trinajstić information content (AvgIpc) is 2.69. The summed E-state index contributed by atoms with van der Waals surface area (Å²) >= 11 is 0. The Morgan fingerprint density at radius 1 is 1.44 bits per heavy atom. The number of aryl methyl sites for hydroxylation is 1. The zero-order chi connectivity index (χ0) is 13.7. The number of carbonyl (C=O) groups excluding carboxylic acids is 1. The van der Waals surface area contributed by atoms with E-state index in [0.29, 0.717) is 0 Å². The van der Waals surface area contributed by atoms with Gasteiger partial charge in [0.25, 0.3) is 0 Å². The number of aliphatic carboxylic acids is 1. The Kier molecular flexibility index (Phi) is 4.88. The van der Waals surface area contributed by atoms with Crippen LogP contribution in [0.25, 0.3) is 0 Å². The molecular weight excluding hydrogens is 234 g/mol. The summed E-state index contributed by atoms with van der Waals surface area (Å²) in [5.41, 5.74) is 0. The quantitative estimate of drug-likeness (QED) is 0.795. The molecule has 0 aromatic carbocycles. The molecule has 0 unspecified atom stereocenters. The van der Waals surface area contributed by atoms with Crippen molar-refractivity contribution in [3.63, 3.8) is 0 Å². The molecule has 0 aliphatic carbocycles. The van der Waals surface area contributed by atoms with E-state index < -0.39 is 5.97 Å². The summed E-state index contributed by atoms with van der Waals surface area (Å²) in [6.45, 7) is 3.97. The van der Waals surface area contributed by atoms with Gasteiger partial charge >= 0.3 is 5.97 Å². The van der Waals surface area contributed by atoms with Crippen molar-refractivity contribution < 1.29 is 14.7 Å². The molecule has 0 fully saturated rings. The minimum atomic E-state index is -0.969. The third-order valence-corrected chi connectivity index (χ3v) is 2.69. The molecule has 0 saturated heterocycles. The molecule has 0 bridgehead atoms. The van der Waals surface area contributed by atoms with E-state index in [1.165, 1.54) is 0 Å². The molecule has 0 aliphatic rings. The van der Waals surface area contributed by atoms with Crippen LogP contribution in [-0.2, 0) is 16.6 Å². The Hall–Kier alpha value is -1.85. The van der Waals surface area contributed by atoms with Crippen LogP contribution < -0.4 is 5.32 Å². The van der Waals surface area contributed by atoms with Crippen LogP contribution in [0.3, 0.4) is 0 Å². The molecule has 100 valence electrons. The number of carbonyl (C=O) groups is 2. The molecule has 6 nitrogen and oxygen atoms in total. The minimum absolute atomic E-state index is 0.0109. The van der Waals surface area contributed by atoms with Crippen LogP contribution in [-0.4, -0.2) is 26.5 Å². The number of amides is 1. The van der Waals surface area contributed by atoms with Gasteiger partial charge in [-0.1, -0.05) is 13.8 Å². The Morgan fingerprint density at radius 2 is 2.11 bits per heavy atom. The van der Waals surface area contributed by atoms with E-state index in [1.54, 1.807) is 6.20 Å². The van der Waals surface area contributed by atoms with Gasteiger partial charge in [0.2, 0.25) is 5.91 Å². The minimum Gasteiger partial charge on any atom is -0.481 e. The van der Waals surface area contributed by atoms with Crippen molar-refractivity contribution in [2.24, 2.45) is 13.0 Å². The number of nitrogens with one attached hydrogen (secondary N) is 1. The van der Waals surface area contributed by atoms with Gasteiger partial charge in [0.1, 0.15) is 5.82 Å². The predicted octanol–water partition coefficient (Wildman–Crippen LogP) is 1.10. The second-order valence-corrected chi connectivity index (χ2v) is 4.58. The van der Waals surface area contributed by atoms with Crippen LogP contribution in [0.2, 0.25) is 0 Å². The maximum atomic E-state index is 11.7. The van der Waals surface area contributed by atoms with Crippen LogP contribution in [0.15, 0.2) is 12.4 Å². The van der Waals surface area contributed by atoms with Crippen molar-refractivity contribution in [3.05, 3.63) is 18.2 Å². The van der Waals surface area contributed by atoms with Gasteiger partial charge in [-0.25, -0.2) is 4.98 Å². The Labute approximate surface area is 106 Å². The summed E-state index contributed by atoms with van der Waals surface area (Å²) in [6, 6.07) is -0.203. The lowest BCUT2D eigenvalue weighted by atomic mass is 10.0. The lowest BCUT2D eigenvalue weighted by molar-refractivity contribution is -0.139. The van der Waals surface area contributed by atoms with Crippen LogP contribution in [0.1, 0.15) is 38.6 Å². The lowest BCUT2D eigenvalue weighted by Gasteiger charge is -2.21. The summed E-state index contributed by atoms with van der Waals surface area (Å²) < 4.78 is 1.85. The largest absolute Gasteiger partial charge is 0.481 e. The van der Waals surface area contributed by atoms with Crippen molar-refractivity contribution in [1.82, 2.24) is 14.9 Å². The molecule has 0 radical (unpaired) electrons. The Bertz CT molecular complexity index is 426. The standard InChI is InChI=1S/C12H19N3O3/c1-8(2)11(12-13-6-7-15(12)3)14-9(16)4-5-10(17)18/h6-8,11H,4-5H2,1-3H3,(H,14,16)(H,17,18)/t11-/m1/s1. The number of imidazole rings is 1. The number of nitrogens with zero attached hydrogens (tertiary/aromatic N) is 2. The van der Waals surface area contributed by atoms with Gasteiger partial charge in [0, 0.05) is 25.9 Å². The number of hydrogen-bond acceptors (Lipinski definition) is 3. The number of carboxylic acids is 1. The predicted molar refractivity (Wildman–Crippen MR) is 65.8 cm³/mol. The maximum absolute atomic E-state index is 11.7. The first-order valence-corrected chi connectivity index (χ1v) is 5.90. The van der Waals surface area contributed by atoms with Gasteiger partial charge in [-0.2, -0.15) is 0 Å². The van der Waals surface area contributed by atoms with Crippen molar-refractivity contribution in [1.29, 1.82) is 0 Å². The average molecular weight is 253 g/mol. The molecule has 1 atom stereocenters. The molecule has 1 rings (SSSR count). The molecular formula is C12H19N3O3. The van der Waals surface area contributed by atoms with Gasteiger partial charge in [-0.05, 0) is 5.92 Å². The first kappa shape index (κ1) is 14.2. The molecule has 1 heterocycles. The topological polar surface area (TPSA) is 84.2 Å². The summed E-state index contributed by atoms with van der Waals surface area (Å²) in [6.07, 6.45) is 3.32. The molecule has 6 heteroatoms. The van der Waals surface area contributed by atoms with Crippen molar-refractivity contribution in [3.8, 4) is 0 Å². The molecule has 1 aromatic heterocycles. The number of rotatable bonds is 6. The Balaban J connectivity index is 2.67. The first-order valence-electron chi connectivity index (χ1n) is 5.90. The summed E-state index contributed by atoms with van der Waals surface area (Å²) in [5, 5.41) is 11.4. The second kappa shape index (κ2) is 6.18. The number of aromatic nitrogens is 2. The van der Waals surface area contributed by atoms with Gasteiger partial charge in [0.15, 0.2) is 0 Å². The van der Waals surface area contributed by atoms with Crippen molar-refractivity contribution in [2.75, 3.05) is 0 Å². The molecule has 0 saturated carbocycles. The van der Waals surface area contributed by atoms with Gasteiger partial charge in [0.05, 0.1) is 12.5 Å². The summed E-state index contributed by atoms with van der Waals surface area (Å²) in [5.74, 6) is -0.282. The molecule has 0 aliphatic heterocycles. The van der Waals surface area contributed by atoms with Gasteiger partial charge in [-0.15, -0.1) is 0 Å².